The number of nitrogens with zero attached hydrogens (tertiary/aromatic N) is 1. The highest BCUT2D eigenvalue weighted by Gasteiger charge is 2.23. The third-order valence-corrected chi connectivity index (χ3v) is 2.74. The lowest BCUT2D eigenvalue weighted by Gasteiger charge is -2.04. The Labute approximate surface area is 91.1 Å². The number of rotatable bonds is 4. The van der Waals surface area contributed by atoms with Gasteiger partial charge < -0.3 is 4.74 Å². The number of hydrogen-bond donors (Lipinski definition) is 0. The van der Waals surface area contributed by atoms with Gasteiger partial charge in [0, 0.05) is 6.42 Å². The van der Waals surface area contributed by atoms with Gasteiger partial charge >= 0.3 is 5.97 Å². The van der Waals surface area contributed by atoms with E-state index in [1.807, 2.05) is 0 Å². The van der Waals surface area contributed by atoms with Gasteiger partial charge in [-0.15, -0.1) is 11.3 Å². The van der Waals surface area contributed by atoms with Crippen LogP contribution in [0.2, 0.25) is 0 Å². The first-order chi connectivity index (χ1) is 7.19. The third-order valence-electron chi connectivity index (χ3n) is 1.83. The minimum Gasteiger partial charge on any atom is -0.468 e. The second-order valence-electron chi connectivity index (χ2n) is 2.81. The molecular weight excluding hydrogens is 214 g/mol. The van der Waals surface area contributed by atoms with Gasteiger partial charge in [-0.2, -0.15) is 5.26 Å². The number of Topliss-reactive ketones (excluding diaryl/α,β-unsaturated/α-hetero) is 1. The lowest BCUT2D eigenvalue weighted by Crippen LogP contribution is -2.17. The maximum absolute atomic E-state index is 11.5. The van der Waals surface area contributed by atoms with Crippen molar-refractivity contribution in [3.05, 3.63) is 22.4 Å². The van der Waals surface area contributed by atoms with E-state index < -0.39 is 11.9 Å². The van der Waals surface area contributed by atoms with Crippen LogP contribution in [0.25, 0.3) is 0 Å². The number of ether oxygens (including phenoxy) is 1. The second-order valence-corrected chi connectivity index (χ2v) is 3.76. The Hall–Kier alpha value is -1.67. The summed E-state index contributed by atoms with van der Waals surface area (Å²) >= 11 is 1.29. The molecule has 0 saturated heterocycles. The predicted octanol–water partition coefficient (Wildman–Crippen LogP) is 1.63. The molecule has 5 heteroatoms. The van der Waals surface area contributed by atoms with Crippen molar-refractivity contribution in [1.82, 2.24) is 0 Å². The molecule has 0 radical (unpaired) electrons. The van der Waals surface area contributed by atoms with Crippen molar-refractivity contribution < 1.29 is 14.3 Å². The van der Waals surface area contributed by atoms with Crippen molar-refractivity contribution in [2.45, 2.75) is 6.42 Å². The molecule has 0 aromatic carbocycles. The molecule has 15 heavy (non-hydrogen) atoms. The number of methoxy groups -OCH3 is 1. The van der Waals surface area contributed by atoms with Crippen molar-refractivity contribution in [2.24, 2.45) is 5.92 Å². The average Bonchev–Trinajstić information content (AvgIpc) is 2.77. The molecule has 1 atom stereocenters. The zero-order valence-corrected chi connectivity index (χ0v) is 8.91. The summed E-state index contributed by atoms with van der Waals surface area (Å²) in [5.74, 6) is -1.88. The maximum atomic E-state index is 11.5. The second kappa shape index (κ2) is 5.27. The van der Waals surface area contributed by atoms with E-state index in [0.717, 1.165) is 0 Å². The molecule has 1 heterocycles. The van der Waals surface area contributed by atoms with E-state index in [1.165, 1.54) is 18.4 Å². The van der Waals surface area contributed by atoms with Crippen molar-refractivity contribution in [2.75, 3.05) is 7.11 Å². The number of esters is 1. The van der Waals surface area contributed by atoms with Gasteiger partial charge in [0.15, 0.2) is 11.7 Å². The summed E-state index contributed by atoms with van der Waals surface area (Å²) in [4.78, 5) is 23.2. The molecular formula is C10H9NO3S. The Kier molecular flexibility index (Phi) is 4.01. The minimum atomic E-state index is -1.01. The van der Waals surface area contributed by atoms with E-state index in [-0.39, 0.29) is 12.2 Å². The van der Waals surface area contributed by atoms with E-state index in [1.54, 1.807) is 23.6 Å². The van der Waals surface area contributed by atoms with Crippen LogP contribution < -0.4 is 0 Å². The van der Waals surface area contributed by atoms with Crippen LogP contribution in [-0.2, 0) is 9.53 Å². The fourth-order valence-electron chi connectivity index (χ4n) is 1.05. The Morgan fingerprint density at radius 1 is 1.67 bits per heavy atom. The number of nitriles is 1. The molecule has 1 unspecified atom stereocenters. The quantitative estimate of drug-likeness (QED) is 0.574. The highest BCUT2D eigenvalue weighted by Crippen LogP contribution is 2.15. The number of ketones is 1. The first-order valence-corrected chi connectivity index (χ1v) is 5.11. The smallest absolute Gasteiger partial charge is 0.323 e. The number of thiophene rings is 1. The monoisotopic (exact) mass is 223 g/mol. The van der Waals surface area contributed by atoms with E-state index in [0.29, 0.717) is 4.88 Å². The molecule has 1 rings (SSSR count). The van der Waals surface area contributed by atoms with Gasteiger partial charge in [0.05, 0.1) is 18.1 Å². The Morgan fingerprint density at radius 2 is 2.40 bits per heavy atom. The normalized spacial score (nSPS) is 11.5. The van der Waals surface area contributed by atoms with Crippen LogP contribution in [0, 0.1) is 17.2 Å². The number of carbonyl (C=O) groups excluding carboxylic acids is 2. The van der Waals surface area contributed by atoms with E-state index >= 15 is 0 Å². The first kappa shape index (κ1) is 11.4. The van der Waals surface area contributed by atoms with Crippen molar-refractivity contribution >= 4 is 23.1 Å². The Morgan fingerprint density at radius 3 is 2.87 bits per heavy atom. The number of hydrogen-bond acceptors (Lipinski definition) is 5. The van der Waals surface area contributed by atoms with Crippen LogP contribution in [0.5, 0.6) is 0 Å². The third kappa shape index (κ3) is 2.89. The average molecular weight is 223 g/mol. The van der Waals surface area contributed by atoms with Gasteiger partial charge in [0.2, 0.25) is 0 Å². The summed E-state index contributed by atoms with van der Waals surface area (Å²) < 4.78 is 4.41. The Bertz CT molecular complexity index is 391. The van der Waals surface area contributed by atoms with Crippen LogP contribution in [-0.4, -0.2) is 18.9 Å². The largest absolute Gasteiger partial charge is 0.468 e. The van der Waals surface area contributed by atoms with Gasteiger partial charge in [-0.25, -0.2) is 0 Å². The fourth-order valence-corrected chi connectivity index (χ4v) is 1.72. The lowest BCUT2D eigenvalue weighted by atomic mass is 10.0. The molecule has 78 valence electrons. The minimum absolute atomic E-state index is 0.121. The lowest BCUT2D eigenvalue weighted by molar-refractivity contribution is -0.143. The van der Waals surface area contributed by atoms with Crippen LogP contribution in [0.15, 0.2) is 17.5 Å². The van der Waals surface area contributed by atoms with Crippen LogP contribution in [0.3, 0.4) is 0 Å². The summed E-state index contributed by atoms with van der Waals surface area (Å²) in [6, 6.07) is 5.17. The highest BCUT2D eigenvalue weighted by atomic mass is 32.1. The van der Waals surface area contributed by atoms with Crippen LogP contribution in [0.1, 0.15) is 16.1 Å². The molecule has 0 aliphatic rings. The molecule has 1 aromatic rings. The van der Waals surface area contributed by atoms with Crippen LogP contribution in [0.4, 0.5) is 0 Å². The van der Waals surface area contributed by atoms with Gasteiger partial charge in [0.1, 0.15) is 0 Å². The van der Waals surface area contributed by atoms with E-state index in [4.69, 9.17) is 5.26 Å². The van der Waals surface area contributed by atoms with E-state index in [9.17, 15) is 9.59 Å². The number of carbonyl (C=O) groups is 2. The summed E-state index contributed by atoms with van der Waals surface area (Å²) in [5, 5.41) is 10.4. The summed E-state index contributed by atoms with van der Waals surface area (Å²) in [6.45, 7) is 0. The molecule has 4 nitrogen and oxygen atoms in total. The topological polar surface area (TPSA) is 67.2 Å². The molecule has 0 spiro atoms. The molecule has 0 aliphatic carbocycles. The molecule has 1 aromatic heterocycles. The van der Waals surface area contributed by atoms with E-state index in [2.05, 4.69) is 4.74 Å². The summed E-state index contributed by atoms with van der Waals surface area (Å²) in [5.41, 5.74) is 0. The zero-order chi connectivity index (χ0) is 11.3. The summed E-state index contributed by atoms with van der Waals surface area (Å²) in [7, 11) is 1.20. The van der Waals surface area contributed by atoms with Crippen molar-refractivity contribution in [3.8, 4) is 6.07 Å². The SMILES string of the molecule is COC(=O)C(C#N)CC(=O)c1cccs1. The molecule has 0 fully saturated rings. The fraction of sp³-hybridized carbons (Fsp3) is 0.300. The first-order valence-electron chi connectivity index (χ1n) is 4.23. The predicted molar refractivity (Wildman–Crippen MR) is 54.4 cm³/mol. The highest BCUT2D eigenvalue weighted by molar-refractivity contribution is 7.12. The Balaban J connectivity index is 2.65. The standard InChI is InChI=1S/C10H9NO3S/c1-14-10(13)7(6-11)5-8(12)9-3-2-4-15-9/h2-4,7H,5H2,1H3. The zero-order valence-electron chi connectivity index (χ0n) is 8.10. The summed E-state index contributed by atoms with van der Waals surface area (Å²) in [6.07, 6.45) is -0.121. The van der Waals surface area contributed by atoms with Crippen molar-refractivity contribution in [3.63, 3.8) is 0 Å². The van der Waals surface area contributed by atoms with Crippen LogP contribution >= 0.6 is 11.3 Å². The van der Waals surface area contributed by atoms with Gasteiger partial charge in [-0.05, 0) is 11.4 Å². The van der Waals surface area contributed by atoms with Gasteiger partial charge in [-0.1, -0.05) is 6.07 Å². The molecule has 0 amide bonds. The molecule has 0 bridgehead atoms. The molecule has 0 N–H and O–H groups in total. The van der Waals surface area contributed by atoms with Crippen molar-refractivity contribution in [1.29, 1.82) is 5.26 Å². The molecule has 0 aliphatic heterocycles. The maximum Gasteiger partial charge on any atom is 0.323 e. The van der Waals surface area contributed by atoms with Gasteiger partial charge in [0.25, 0.3) is 0 Å². The van der Waals surface area contributed by atoms with Gasteiger partial charge in [-0.3, -0.25) is 9.59 Å². The molecule has 0 saturated carbocycles.